The molecule has 2 aromatic rings. The minimum absolute atomic E-state index is 0. The van der Waals surface area contributed by atoms with Crippen molar-refractivity contribution >= 4 is 0 Å². The summed E-state index contributed by atoms with van der Waals surface area (Å²) < 4.78 is 2.15. The number of nitrogens with one attached hydrogen (secondary N) is 3. The number of hydrogen-bond acceptors (Lipinski definition) is 0. The number of halogens is 2. The van der Waals surface area contributed by atoms with E-state index in [0.717, 1.165) is 6.54 Å². The van der Waals surface area contributed by atoms with Gasteiger partial charge in [-0.15, -0.1) is 0 Å². The van der Waals surface area contributed by atoms with Gasteiger partial charge in [0.2, 0.25) is 6.33 Å². The van der Waals surface area contributed by atoms with E-state index in [0.29, 0.717) is 0 Å². The summed E-state index contributed by atoms with van der Waals surface area (Å²) >= 11 is 0. The van der Waals surface area contributed by atoms with Crippen molar-refractivity contribution in [2.45, 2.75) is 20.4 Å². The molecule has 2 rings (SSSR count). The van der Waals surface area contributed by atoms with E-state index in [1.807, 2.05) is 24.8 Å². The molecular weight excluding hydrogens is 235 g/mol. The molecule has 2 heterocycles. The van der Waals surface area contributed by atoms with Crippen LogP contribution in [-0.2, 0) is 6.54 Å². The van der Waals surface area contributed by atoms with E-state index in [1.165, 1.54) is 5.82 Å². The fraction of sp³-hybridized carbons (Fsp3) is 0.333. The van der Waals surface area contributed by atoms with E-state index in [9.17, 15) is 0 Å². The Labute approximate surface area is 102 Å². The summed E-state index contributed by atoms with van der Waals surface area (Å²) in [7, 11) is 0. The third kappa shape index (κ3) is 6.14. The fourth-order valence-corrected chi connectivity index (χ4v) is 1.03. The first kappa shape index (κ1) is 16.4. The first-order valence-electron chi connectivity index (χ1n) is 4.37. The molecule has 0 fully saturated rings. The topological polar surface area (TPSA) is 49.6 Å². The summed E-state index contributed by atoms with van der Waals surface area (Å²) in [6.45, 7) is 5.24. The third-order valence-electron chi connectivity index (χ3n) is 1.76. The summed E-state index contributed by atoms with van der Waals surface area (Å²) in [4.78, 5) is 8.69. The van der Waals surface area contributed by atoms with Crippen molar-refractivity contribution in [3.05, 3.63) is 36.9 Å². The first-order valence-corrected chi connectivity index (χ1v) is 4.37. The van der Waals surface area contributed by atoms with E-state index in [2.05, 4.69) is 33.4 Å². The van der Waals surface area contributed by atoms with Crippen LogP contribution in [-0.4, -0.2) is 9.97 Å². The largest absolute Gasteiger partial charge is 1.00 e. The average molecular weight is 251 g/mol. The molecule has 0 aromatic carbocycles. The Morgan fingerprint density at radius 3 is 2.27 bits per heavy atom. The van der Waals surface area contributed by atoms with Gasteiger partial charge in [-0.1, -0.05) is 0 Å². The first-order chi connectivity index (χ1) is 6.34. The molecule has 0 saturated carbocycles. The van der Waals surface area contributed by atoms with Crippen molar-refractivity contribution in [2.75, 3.05) is 0 Å². The molecule has 0 atom stereocenters. The zero-order valence-corrected chi connectivity index (χ0v) is 10.3. The number of imidazole rings is 2. The van der Waals surface area contributed by atoms with Crippen molar-refractivity contribution in [1.29, 1.82) is 0 Å². The molecule has 0 spiro atoms. The van der Waals surface area contributed by atoms with Crippen LogP contribution in [0.3, 0.4) is 0 Å². The predicted octanol–water partition coefficient (Wildman–Crippen LogP) is -5.53. The second-order valence-corrected chi connectivity index (χ2v) is 2.64. The number of nitrogens with zero attached hydrogens (tertiary/aromatic N) is 1. The minimum atomic E-state index is 0. The van der Waals surface area contributed by atoms with Crippen LogP contribution in [0.1, 0.15) is 12.7 Å². The van der Waals surface area contributed by atoms with Gasteiger partial charge >= 0.3 is 0 Å². The summed E-state index contributed by atoms with van der Waals surface area (Å²) in [6.07, 6.45) is 9.37. The highest BCUT2D eigenvalue weighted by Gasteiger charge is 1.97. The van der Waals surface area contributed by atoms with Crippen molar-refractivity contribution in [3.8, 4) is 0 Å². The lowest BCUT2D eigenvalue weighted by molar-refractivity contribution is -0.698. The Kier molecular flexibility index (Phi) is 10.5. The van der Waals surface area contributed by atoms with Crippen LogP contribution in [0.5, 0.6) is 0 Å². The Balaban J connectivity index is 0. The molecule has 6 heteroatoms. The van der Waals surface area contributed by atoms with Crippen LogP contribution in [0.2, 0.25) is 0 Å². The zero-order chi connectivity index (χ0) is 9.52. The fourth-order valence-electron chi connectivity index (χ4n) is 1.03. The Bertz CT molecular complexity index is 301. The summed E-state index contributed by atoms with van der Waals surface area (Å²) in [5.74, 6) is 1.22. The number of hydrogen-bond donors (Lipinski definition) is 2. The Hall–Kier alpha value is -1.00. The molecule has 0 amide bonds. The number of rotatable bonds is 1. The second kappa shape index (κ2) is 9.55. The van der Waals surface area contributed by atoms with Gasteiger partial charge in [-0.2, -0.15) is 0 Å². The molecule has 0 aliphatic carbocycles. The number of aryl methyl sites for hydroxylation is 2. The van der Waals surface area contributed by atoms with Gasteiger partial charge in [-0.3, -0.25) is 9.97 Å². The predicted molar refractivity (Wildman–Crippen MR) is 48.7 cm³/mol. The molecule has 0 aliphatic heterocycles. The molecule has 3 N–H and O–H groups in total. The molecule has 2 aromatic heterocycles. The standard InChI is InChI=1S/C6H10N2.C3H4N2.2ClH/c1-3-8-5-4-7-6(8)2;1-2-5-3-4-1;;/h4-5H,3H2,1-2H3;1-3H,(H,4,5);2*1H. The van der Waals surface area contributed by atoms with Crippen LogP contribution in [0, 0.1) is 6.92 Å². The summed E-state index contributed by atoms with van der Waals surface area (Å²) in [5.41, 5.74) is 0. The number of H-pyrrole nitrogens is 3. The summed E-state index contributed by atoms with van der Waals surface area (Å²) in [6, 6.07) is 0. The normalized spacial score (nSPS) is 7.87. The lowest BCUT2D eigenvalue weighted by atomic mass is 10.6. The molecule has 15 heavy (non-hydrogen) atoms. The highest BCUT2D eigenvalue weighted by molar-refractivity contribution is 4.70. The molecule has 0 saturated heterocycles. The maximum Gasteiger partial charge on any atom is 0.250 e. The lowest BCUT2D eigenvalue weighted by Crippen LogP contribution is -3.00. The van der Waals surface area contributed by atoms with Crippen LogP contribution >= 0.6 is 0 Å². The van der Waals surface area contributed by atoms with Crippen LogP contribution < -0.4 is 34.4 Å². The number of aromatic nitrogens is 4. The van der Waals surface area contributed by atoms with Crippen LogP contribution in [0.15, 0.2) is 31.1 Å². The van der Waals surface area contributed by atoms with Gasteiger partial charge in [0.1, 0.15) is 24.8 Å². The average Bonchev–Trinajstić information content (AvgIpc) is 2.76. The molecule has 0 bridgehead atoms. The zero-order valence-electron chi connectivity index (χ0n) is 8.80. The molecule has 0 radical (unpaired) electrons. The van der Waals surface area contributed by atoms with Crippen molar-refractivity contribution < 1.29 is 34.4 Å². The summed E-state index contributed by atoms with van der Waals surface area (Å²) in [5, 5.41) is 0. The van der Waals surface area contributed by atoms with Gasteiger partial charge in [-0.05, 0) is 6.92 Å². The van der Waals surface area contributed by atoms with E-state index < -0.39 is 0 Å². The highest BCUT2D eigenvalue weighted by Crippen LogP contribution is 1.78. The van der Waals surface area contributed by atoms with Gasteiger partial charge in [-0.25, -0.2) is 9.55 Å². The van der Waals surface area contributed by atoms with E-state index in [1.54, 1.807) is 6.33 Å². The van der Waals surface area contributed by atoms with Crippen molar-refractivity contribution in [3.63, 3.8) is 0 Å². The number of aromatic amines is 3. The van der Waals surface area contributed by atoms with Gasteiger partial charge in [0.25, 0.3) is 5.82 Å². The smallest absolute Gasteiger partial charge is 0.250 e. The maximum atomic E-state index is 3.08. The quantitative estimate of drug-likeness (QED) is 0.475. The third-order valence-corrected chi connectivity index (χ3v) is 1.76. The van der Waals surface area contributed by atoms with Gasteiger partial charge < -0.3 is 24.8 Å². The minimum Gasteiger partial charge on any atom is -1.00 e. The second-order valence-electron chi connectivity index (χ2n) is 2.64. The monoisotopic (exact) mass is 250 g/mol. The van der Waals surface area contributed by atoms with E-state index in [4.69, 9.17) is 0 Å². The Morgan fingerprint density at radius 1 is 1.33 bits per heavy atom. The van der Waals surface area contributed by atoms with Gasteiger partial charge in [0.15, 0.2) is 0 Å². The van der Waals surface area contributed by atoms with Gasteiger partial charge in [0, 0.05) is 6.92 Å². The lowest BCUT2D eigenvalue weighted by Gasteiger charge is -1.86. The molecule has 86 valence electrons. The maximum absolute atomic E-state index is 3.08. The highest BCUT2D eigenvalue weighted by atomic mass is 35.5. The van der Waals surface area contributed by atoms with E-state index in [-0.39, 0.29) is 24.8 Å². The van der Waals surface area contributed by atoms with Crippen molar-refractivity contribution in [2.24, 2.45) is 0 Å². The molecule has 0 unspecified atom stereocenters. The van der Waals surface area contributed by atoms with E-state index >= 15 is 0 Å². The van der Waals surface area contributed by atoms with Crippen molar-refractivity contribution in [1.82, 2.24) is 9.97 Å². The molecular formula is C9H16Cl2N4. The Morgan fingerprint density at radius 2 is 2.07 bits per heavy atom. The molecule has 4 nitrogen and oxygen atoms in total. The SMILES string of the molecule is CC[n+]1cc[nH]c1C.[Cl-].[Cl-].c1c[nH+]c[nH]1. The molecule has 0 aliphatic rings. The van der Waals surface area contributed by atoms with Crippen LogP contribution in [0.25, 0.3) is 0 Å². The van der Waals surface area contributed by atoms with Gasteiger partial charge in [0.05, 0.1) is 6.54 Å². The van der Waals surface area contributed by atoms with Crippen LogP contribution in [0.4, 0.5) is 0 Å².